The number of aryl methyl sites for hydroxylation is 1. The molecule has 118 valence electrons. The summed E-state index contributed by atoms with van der Waals surface area (Å²) >= 11 is 5.91. The Bertz CT molecular complexity index is 728. The van der Waals surface area contributed by atoms with Gasteiger partial charge in [0.15, 0.2) is 5.75 Å². The van der Waals surface area contributed by atoms with E-state index >= 15 is 0 Å². The third-order valence-electron chi connectivity index (χ3n) is 2.72. The number of hydrogen-bond donors (Lipinski definition) is 1. The number of benzene rings is 1. The Morgan fingerprint density at radius 2 is 2.00 bits per heavy atom. The molecule has 0 spiro atoms. The van der Waals surface area contributed by atoms with Gasteiger partial charge in [0, 0.05) is 22.8 Å². The number of rotatable bonds is 4. The van der Waals surface area contributed by atoms with Crippen LogP contribution in [0.3, 0.4) is 0 Å². The molecule has 8 heteroatoms. The van der Waals surface area contributed by atoms with Crippen molar-refractivity contribution >= 4 is 11.6 Å². The molecule has 1 heterocycles. The summed E-state index contributed by atoms with van der Waals surface area (Å²) < 4.78 is 45.8. The van der Waals surface area contributed by atoms with E-state index in [4.69, 9.17) is 16.3 Å². The van der Waals surface area contributed by atoms with E-state index in [0.717, 1.165) is 12.1 Å². The maximum Gasteiger partial charge on any atom is 0.573 e. The minimum atomic E-state index is -4.79. The van der Waals surface area contributed by atoms with E-state index in [1.165, 1.54) is 18.3 Å². The lowest BCUT2D eigenvalue weighted by Gasteiger charge is -2.12. The molecule has 0 unspecified atom stereocenters. The standard InChI is InChI=1S/C14H11ClF3NO3/c1-8-13(12(20)4-5-19-8)21-7-9-6-10(2-3-11(9)15)22-14(16,17)18/h2-6H,7H2,1H3,(H,19,20). The number of alkyl halides is 3. The molecule has 0 atom stereocenters. The number of halogens is 4. The number of aromatic nitrogens is 1. The Hall–Kier alpha value is -2.15. The minimum Gasteiger partial charge on any atom is -0.483 e. The molecule has 22 heavy (non-hydrogen) atoms. The molecule has 2 aromatic rings. The summed E-state index contributed by atoms with van der Waals surface area (Å²) in [6.07, 6.45) is -3.32. The average Bonchev–Trinajstić information content (AvgIpc) is 2.40. The van der Waals surface area contributed by atoms with Crippen molar-refractivity contribution in [1.82, 2.24) is 4.98 Å². The first-order valence-electron chi connectivity index (χ1n) is 6.11. The SMILES string of the molecule is Cc1[nH]ccc(=O)c1OCc1cc(OC(F)(F)F)ccc1Cl. The summed E-state index contributed by atoms with van der Waals surface area (Å²) in [5.41, 5.74) is 0.437. The number of ether oxygens (including phenoxy) is 2. The molecule has 0 radical (unpaired) electrons. The number of pyridine rings is 1. The highest BCUT2D eigenvalue weighted by atomic mass is 35.5. The third-order valence-corrected chi connectivity index (χ3v) is 3.09. The lowest BCUT2D eigenvalue weighted by molar-refractivity contribution is -0.274. The molecule has 1 aromatic heterocycles. The van der Waals surface area contributed by atoms with E-state index in [-0.39, 0.29) is 28.4 Å². The topological polar surface area (TPSA) is 51.3 Å². The first-order chi connectivity index (χ1) is 10.3. The van der Waals surface area contributed by atoms with Crippen molar-refractivity contribution in [3.05, 3.63) is 57.0 Å². The Kier molecular flexibility index (Phi) is 4.65. The third kappa shape index (κ3) is 4.17. The minimum absolute atomic E-state index is 0.0840. The van der Waals surface area contributed by atoms with Crippen LogP contribution in [-0.4, -0.2) is 11.3 Å². The van der Waals surface area contributed by atoms with Crippen molar-refractivity contribution in [1.29, 1.82) is 0 Å². The van der Waals surface area contributed by atoms with Crippen molar-refractivity contribution < 1.29 is 22.6 Å². The summed E-state index contributed by atoms with van der Waals surface area (Å²) in [6.45, 7) is 1.48. The molecule has 0 saturated heterocycles. The Balaban J connectivity index is 2.19. The molecule has 1 N–H and O–H groups in total. The molecule has 0 fully saturated rings. The van der Waals surface area contributed by atoms with E-state index in [1.807, 2.05) is 0 Å². The van der Waals surface area contributed by atoms with Crippen LogP contribution in [0.4, 0.5) is 13.2 Å². The second-order valence-electron chi connectivity index (χ2n) is 4.39. The Morgan fingerprint density at radius 1 is 1.27 bits per heavy atom. The van der Waals surface area contributed by atoms with Crippen LogP contribution in [0, 0.1) is 6.92 Å². The zero-order valence-corrected chi connectivity index (χ0v) is 12.1. The van der Waals surface area contributed by atoms with E-state index in [9.17, 15) is 18.0 Å². The highest BCUT2D eigenvalue weighted by molar-refractivity contribution is 6.31. The van der Waals surface area contributed by atoms with Gasteiger partial charge in [0.25, 0.3) is 0 Å². The zero-order valence-electron chi connectivity index (χ0n) is 11.3. The second-order valence-corrected chi connectivity index (χ2v) is 4.79. The summed E-state index contributed by atoms with van der Waals surface area (Å²) in [5.74, 6) is -0.324. The molecule has 0 bridgehead atoms. The summed E-state index contributed by atoms with van der Waals surface area (Å²) in [4.78, 5) is 14.5. The smallest absolute Gasteiger partial charge is 0.483 e. The lowest BCUT2D eigenvalue weighted by Crippen LogP contribution is -2.17. The predicted octanol–water partition coefficient (Wildman–Crippen LogP) is 3.81. The van der Waals surface area contributed by atoms with Gasteiger partial charge in [-0.3, -0.25) is 4.79 Å². The highest BCUT2D eigenvalue weighted by Crippen LogP contribution is 2.27. The largest absolute Gasteiger partial charge is 0.573 e. The van der Waals surface area contributed by atoms with Crippen LogP contribution in [0.1, 0.15) is 11.3 Å². The van der Waals surface area contributed by atoms with Crippen LogP contribution in [0.2, 0.25) is 5.02 Å². The van der Waals surface area contributed by atoms with Gasteiger partial charge in [-0.1, -0.05) is 11.6 Å². The average molecular weight is 334 g/mol. The Labute approximate surface area is 128 Å². The van der Waals surface area contributed by atoms with Crippen LogP contribution in [0.15, 0.2) is 35.3 Å². The van der Waals surface area contributed by atoms with Gasteiger partial charge in [0.2, 0.25) is 5.43 Å². The van der Waals surface area contributed by atoms with Crippen LogP contribution in [0.25, 0.3) is 0 Å². The van der Waals surface area contributed by atoms with Crippen LogP contribution in [-0.2, 0) is 6.61 Å². The van der Waals surface area contributed by atoms with Crippen molar-refractivity contribution in [3.8, 4) is 11.5 Å². The normalized spacial score (nSPS) is 11.3. The molecular weight excluding hydrogens is 323 g/mol. The molecule has 0 aliphatic heterocycles. The van der Waals surface area contributed by atoms with Crippen molar-refractivity contribution in [3.63, 3.8) is 0 Å². The van der Waals surface area contributed by atoms with Gasteiger partial charge in [-0.25, -0.2) is 0 Å². The van der Waals surface area contributed by atoms with Crippen LogP contribution < -0.4 is 14.9 Å². The van der Waals surface area contributed by atoms with Crippen molar-refractivity contribution in [2.24, 2.45) is 0 Å². The fraction of sp³-hybridized carbons (Fsp3) is 0.214. The maximum absolute atomic E-state index is 12.2. The number of hydrogen-bond acceptors (Lipinski definition) is 3. The molecular formula is C14H11ClF3NO3. The van der Waals surface area contributed by atoms with Crippen molar-refractivity contribution in [2.75, 3.05) is 0 Å². The molecule has 2 rings (SSSR count). The predicted molar refractivity (Wildman–Crippen MR) is 74.3 cm³/mol. The summed E-state index contributed by atoms with van der Waals surface area (Å²) in [7, 11) is 0. The van der Waals surface area contributed by atoms with Crippen molar-refractivity contribution in [2.45, 2.75) is 19.9 Å². The monoisotopic (exact) mass is 333 g/mol. The molecule has 1 aromatic carbocycles. The molecule has 4 nitrogen and oxygen atoms in total. The van der Waals surface area contributed by atoms with Gasteiger partial charge in [0.1, 0.15) is 12.4 Å². The molecule has 0 aliphatic carbocycles. The van der Waals surface area contributed by atoms with Gasteiger partial charge in [-0.05, 0) is 25.1 Å². The summed E-state index contributed by atoms with van der Waals surface area (Å²) in [6, 6.07) is 4.76. The van der Waals surface area contributed by atoms with E-state index in [2.05, 4.69) is 9.72 Å². The fourth-order valence-corrected chi connectivity index (χ4v) is 1.93. The van der Waals surface area contributed by atoms with Gasteiger partial charge >= 0.3 is 6.36 Å². The number of nitrogens with one attached hydrogen (secondary N) is 1. The first kappa shape index (κ1) is 16.2. The highest BCUT2D eigenvalue weighted by Gasteiger charge is 2.31. The van der Waals surface area contributed by atoms with Crippen LogP contribution in [0.5, 0.6) is 11.5 Å². The molecule has 0 saturated carbocycles. The van der Waals surface area contributed by atoms with Crippen LogP contribution >= 0.6 is 11.6 Å². The van der Waals surface area contributed by atoms with E-state index < -0.39 is 12.1 Å². The Morgan fingerprint density at radius 3 is 2.64 bits per heavy atom. The number of H-pyrrole nitrogens is 1. The maximum atomic E-state index is 12.2. The van der Waals surface area contributed by atoms with Gasteiger partial charge in [-0.2, -0.15) is 0 Å². The lowest BCUT2D eigenvalue weighted by atomic mass is 10.2. The van der Waals surface area contributed by atoms with E-state index in [1.54, 1.807) is 6.92 Å². The molecule has 0 aliphatic rings. The van der Waals surface area contributed by atoms with Gasteiger partial charge in [-0.15, -0.1) is 13.2 Å². The fourth-order valence-electron chi connectivity index (χ4n) is 1.76. The second kappa shape index (κ2) is 6.31. The zero-order chi connectivity index (χ0) is 16.3. The van der Waals surface area contributed by atoms with Gasteiger partial charge < -0.3 is 14.5 Å². The quantitative estimate of drug-likeness (QED) is 0.925. The summed E-state index contributed by atoms with van der Waals surface area (Å²) in [5, 5.41) is 0.208. The van der Waals surface area contributed by atoms with Gasteiger partial charge in [0.05, 0.1) is 5.69 Å². The van der Waals surface area contributed by atoms with E-state index in [0.29, 0.717) is 5.69 Å². The molecule has 0 amide bonds. The number of aromatic amines is 1. The first-order valence-corrected chi connectivity index (χ1v) is 6.49.